The van der Waals surface area contributed by atoms with E-state index in [2.05, 4.69) is 4.98 Å². The van der Waals surface area contributed by atoms with Crippen LogP contribution in [0, 0.1) is 5.92 Å². The standard InChI is InChI=1S/C21H30BF3N2O2/c1-18(2)19(3,4)29-22(28-18)20(15-9-6-5-7-10-15)13-27(14-20)17-12-8-11-16(26-17)21(23,24)25/h8,11-12,15H,5-7,9-10,13-14H2,1-4H3. The molecule has 0 radical (unpaired) electrons. The second-order valence-electron chi connectivity index (χ2n) is 9.89. The second kappa shape index (κ2) is 6.87. The number of pyridine rings is 1. The first kappa shape index (κ1) is 21.0. The highest BCUT2D eigenvalue weighted by Gasteiger charge is 2.66. The zero-order chi connectivity index (χ0) is 21.1. The van der Waals surface area contributed by atoms with Crippen LogP contribution in [0.3, 0.4) is 0 Å². The van der Waals surface area contributed by atoms with E-state index in [1.165, 1.54) is 25.3 Å². The van der Waals surface area contributed by atoms with Gasteiger partial charge in [-0.25, -0.2) is 4.98 Å². The van der Waals surface area contributed by atoms with Crippen LogP contribution in [0.15, 0.2) is 18.2 Å². The molecule has 0 bridgehead atoms. The first-order valence-electron chi connectivity index (χ1n) is 10.6. The van der Waals surface area contributed by atoms with Crippen molar-refractivity contribution in [1.29, 1.82) is 0 Å². The van der Waals surface area contributed by atoms with Crippen LogP contribution < -0.4 is 4.90 Å². The molecule has 0 atom stereocenters. The van der Waals surface area contributed by atoms with Gasteiger partial charge in [-0.05, 0) is 45.7 Å². The predicted molar refractivity (Wildman–Crippen MR) is 107 cm³/mol. The van der Waals surface area contributed by atoms with Crippen molar-refractivity contribution in [2.24, 2.45) is 5.92 Å². The third kappa shape index (κ3) is 3.56. The summed E-state index contributed by atoms with van der Waals surface area (Å²) in [4.78, 5) is 5.82. The Bertz CT molecular complexity index is 741. The molecule has 29 heavy (non-hydrogen) atoms. The number of rotatable bonds is 3. The Morgan fingerprint density at radius 1 is 1.00 bits per heavy atom. The quantitative estimate of drug-likeness (QED) is 0.631. The molecule has 3 heterocycles. The zero-order valence-electron chi connectivity index (χ0n) is 17.7. The molecule has 3 fully saturated rings. The van der Waals surface area contributed by atoms with Gasteiger partial charge in [0.15, 0.2) is 0 Å². The fraction of sp³-hybridized carbons (Fsp3) is 0.762. The van der Waals surface area contributed by atoms with Crippen molar-refractivity contribution in [2.75, 3.05) is 18.0 Å². The van der Waals surface area contributed by atoms with E-state index in [1.807, 2.05) is 32.6 Å². The Balaban J connectivity index is 1.59. The molecule has 2 aliphatic heterocycles. The van der Waals surface area contributed by atoms with E-state index in [9.17, 15) is 13.2 Å². The molecule has 1 saturated carbocycles. The molecule has 4 rings (SSSR count). The van der Waals surface area contributed by atoms with Crippen LogP contribution in [-0.4, -0.2) is 36.4 Å². The van der Waals surface area contributed by atoms with Gasteiger partial charge in [-0.15, -0.1) is 0 Å². The van der Waals surface area contributed by atoms with Gasteiger partial charge in [0.2, 0.25) is 0 Å². The Morgan fingerprint density at radius 2 is 1.59 bits per heavy atom. The minimum absolute atomic E-state index is 0.207. The number of halogens is 3. The molecule has 8 heteroatoms. The lowest BCUT2D eigenvalue weighted by atomic mass is 9.45. The Kier molecular flexibility index (Phi) is 4.97. The Hall–Kier alpha value is -1.28. The van der Waals surface area contributed by atoms with E-state index < -0.39 is 23.1 Å². The van der Waals surface area contributed by atoms with E-state index in [0.29, 0.717) is 24.8 Å². The highest BCUT2D eigenvalue weighted by molar-refractivity contribution is 6.51. The lowest BCUT2D eigenvalue weighted by Crippen LogP contribution is -2.63. The Morgan fingerprint density at radius 3 is 2.14 bits per heavy atom. The lowest BCUT2D eigenvalue weighted by molar-refractivity contribution is -0.141. The van der Waals surface area contributed by atoms with Crippen molar-refractivity contribution in [1.82, 2.24) is 4.98 Å². The van der Waals surface area contributed by atoms with E-state index in [0.717, 1.165) is 18.9 Å². The summed E-state index contributed by atoms with van der Waals surface area (Å²) in [5.41, 5.74) is -1.69. The smallest absolute Gasteiger partial charge is 0.403 e. The van der Waals surface area contributed by atoms with Crippen LogP contribution in [0.4, 0.5) is 19.0 Å². The number of alkyl halides is 3. The first-order valence-corrected chi connectivity index (χ1v) is 10.6. The summed E-state index contributed by atoms with van der Waals surface area (Å²) in [7, 11) is -0.349. The summed E-state index contributed by atoms with van der Waals surface area (Å²) >= 11 is 0. The molecule has 0 unspecified atom stereocenters. The van der Waals surface area contributed by atoms with E-state index in [4.69, 9.17) is 9.31 Å². The molecular formula is C21H30BF3N2O2. The predicted octanol–water partition coefficient (Wildman–Crippen LogP) is 5.33. The number of aromatic nitrogens is 1. The monoisotopic (exact) mass is 410 g/mol. The molecule has 1 aliphatic carbocycles. The summed E-state index contributed by atoms with van der Waals surface area (Å²) in [6, 6.07) is 4.11. The van der Waals surface area contributed by atoms with Gasteiger partial charge in [-0.2, -0.15) is 13.2 Å². The van der Waals surface area contributed by atoms with Gasteiger partial charge in [0.1, 0.15) is 11.5 Å². The largest absolute Gasteiger partial charge is 0.468 e. The fourth-order valence-electron chi connectivity index (χ4n) is 4.94. The summed E-state index contributed by atoms with van der Waals surface area (Å²) in [5.74, 6) is 0.829. The number of hydrogen-bond donors (Lipinski definition) is 0. The minimum atomic E-state index is -4.44. The highest BCUT2D eigenvalue weighted by Crippen LogP contribution is 2.58. The van der Waals surface area contributed by atoms with Crippen LogP contribution in [0.1, 0.15) is 65.5 Å². The van der Waals surface area contributed by atoms with Crippen molar-refractivity contribution >= 4 is 12.9 Å². The van der Waals surface area contributed by atoms with Crippen molar-refractivity contribution < 1.29 is 22.5 Å². The van der Waals surface area contributed by atoms with Gasteiger partial charge in [0.25, 0.3) is 0 Å². The lowest BCUT2D eigenvalue weighted by Gasteiger charge is -2.56. The summed E-state index contributed by atoms with van der Waals surface area (Å²) < 4.78 is 52.1. The first-order chi connectivity index (χ1) is 13.4. The summed E-state index contributed by atoms with van der Waals surface area (Å²) in [6.45, 7) is 9.42. The third-order valence-corrected chi connectivity index (χ3v) is 7.46. The average Bonchev–Trinajstić information content (AvgIpc) is 2.82. The van der Waals surface area contributed by atoms with E-state index in [-0.39, 0.29) is 12.4 Å². The van der Waals surface area contributed by atoms with Crippen molar-refractivity contribution in [3.8, 4) is 0 Å². The van der Waals surface area contributed by atoms with Crippen molar-refractivity contribution in [3.63, 3.8) is 0 Å². The molecule has 0 N–H and O–H groups in total. The summed E-state index contributed by atoms with van der Waals surface area (Å²) in [6.07, 6.45) is 1.42. The number of anilines is 1. The molecule has 0 aromatic carbocycles. The average molecular weight is 410 g/mol. The van der Waals surface area contributed by atoms with Crippen LogP contribution in [0.2, 0.25) is 5.31 Å². The van der Waals surface area contributed by atoms with E-state index >= 15 is 0 Å². The molecule has 2 saturated heterocycles. The van der Waals surface area contributed by atoms with Crippen LogP contribution >= 0.6 is 0 Å². The van der Waals surface area contributed by atoms with Gasteiger partial charge in [-0.3, -0.25) is 0 Å². The molecular weight excluding hydrogens is 380 g/mol. The summed E-state index contributed by atoms with van der Waals surface area (Å²) in [5, 5.41) is -0.207. The number of hydrogen-bond acceptors (Lipinski definition) is 4. The molecule has 0 amide bonds. The molecule has 3 aliphatic rings. The van der Waals surface area contributed by atoms with E-state index in [1.54, 1.807) is 6.07 Å². The van der Waals surface area contributed by atoms with Gasteiger partial charge >= 0.3 is 13.3 Å². The SMILES string of the molecule is CC1(C)OB(C2(C3CCCCC3)CN(c3cccc(C(F)(F)F)n3)C2)OC1(C)C. The maximum Gasteiger partial charge on any atom is 0.468 e. The Labute approximate surface area is 171 Å². The maximum absolute atomic E-state index is 13.1. The molecule has 160 valence electrons. The van der Waals surface area contributed by atoms with Crippen molar-refractivity contribution in [2.45, 2.75) is 82.5 Å². The van der Waals surface area contributed by atoms with Crippen LogP contribution in [0.5, 0.6) is 0 Å². The van der Waals surface area contributed by atoms with Crippen LogP contribution in [-0.2, 0) is 15.5 Å². The van der Waals surface area contributed by atoms with Crippen LogP contribution in [0.25, 0.3) is 0 Å². The minimum Gasteiger partial charge on any atom is -0.403 e. The molecule has 4 nitrogen and oxygen atoms in total. The normalized spacial score (nSPS) is 26.4. The zero-order valence-corrected chi connectivity index (χ0v) is 17.7. The van der Waals surface area contributed by atoms with Crippen molar-refractivity contribution in [3.05, 3.63) is 23.9 Å². The maximum atomic E-state index is 13.1. The topological polar surface area (TPSA) is 34.6 Å². The molecule has 1 aromatic heterocycles. The molecule has 0 spiro atoms. The second-order valence-corrected chi connectivity index (χ2v) is 9.89. The number of nitrogens with zero attached hydrogens (tertiary/aromatic N) is 2. The van der Waals surface area contributed by atoms with Gasteiger partial charge < -0.3 is 14.2 Å². The van der Waals surface area contributed by atoms with Gasteiger partial charge in [0, 0.05) is 18.4 Å². The third-order valence-electron chi connectivity index (χ3n) is 7.46. The van der Waals surface area contributed by atoms with Gasteiger partial charge in [-0.1, -0.05) is 38.2 Å². The highest BCUT2D eigenvalue weighted by atomic mass is 19.4. The fourth-order valence-corrected chi connectivity index (χ4v) is 4.94. The molecule has 1 aromatic rings. The van der Waals surface area contributed by atoms with Gasteiger partial charge in [0.05, 0.1) is 11.2 Å².